The molecule has 1 atom stereocenters. The van der Waals surface area contributed by atoms with Crippen LogP contribution in [0, 0.1) is 0 Å². The first-order valence-corrected chi connectivity index (χ1v) is 6.09. The molecule has 6 heteroatoms. The fraction of sp³-hybridized carbons (Fsp3) is 0.462. The second-order valence-electron chi connectivity index (χ2n) is 4.66. The van der Waals surface area contributed by atoms with Crippen LogP contribution in [-0.2, 0) is 16.6 Å². The Bertz CT molecular complexity index is 493. The summed E-state index contributed by atoms with van der Waals surface area (Å²) in [4.78, 5) is 22.9. The third-order valence-electron chi connectivity index (χ3n) is 2.77. The normalized spacial score (nSPS) is 14.3. The number of aliphatic carboxylic acids is 1. The quantitative estimate of drug-likeness (QED) is 0.757. The molecule has 6 nitrogen and oxygen atoms in total. The Morgan fingerprint density at radius 1 is 1.58 bits per heavy atom. The van der Waals surface area contributed by atoms with E-state index in [2.05, 4.69) is 10.4 Å². The van der Waals surface area contributed by atoms with E-state index in [-0.39, 0.29) is 0 Å². The van der Waals surface area contributed by atoms with Crippen LogP contribution < -0.4 is 5.32 Å². The van der Waals surface area contributed by atoms with E-state index in [0.717, 1.165) is 5.56 Å². The van der Waals surface area contributed by atoms with Crippen molar-refractivity contribution in [3.8, 4) is 0 Å². The highest BCUT2D eigenvalue weighted by atomic mass is 16.4. The summed E-state index contributed by atoms with van der Waals surface area (Å²) in [5, 5.41) is 15.6. The zero-order valence-electron chi connectivity index (χ0n) is 11.4. The van der Waals surface area contributed by atoms with Gasteiger partial charge >= 0.3 is 5.97 Å². The van der Waals surface area contributed by atoms with Crippen LogP contribution >= 0.6 is 0 Å². The Hall–Kier alpha value is -2.11. The van der Waals surface area contributed by atoms with Gasteiger partial charge in [-0.1, -0.05) is 13.3 Å². The highest BCUT2D eigenvalue weighted by Gasteiger charge is 2.33. The van der Waals surface area contributed by atoms with Crippen LogP contribution in [0.5, 0.6) is 0 Å². The molecule has 0 aliphatic carbocycles. The molecule has 0 saturated carbocycles. The molecule has 0 radical (unpaired) electrons. The smallest absolute Gasteiger partial charge is 0.329 e. The summed E-state index contributed by atoms with van der Waals surface area (Å²) in [5.74, 6) is -1.46. The summed E-state index contributed by atoms with van der Waals surface area (Å²) >= 11 is 0. The lowest BCUT2D eigenvalue weighted by Crippen LogP contribution is -2.51. The second kappa shape index (κ2) is 6.17. The van der Waals surface area contributed by atoms with Gasteiger partial charge in [0.2, 0.25) is 5.91 Å². The molecule has 2 N–H and O–H groups in total. The van der Waals surface area contributed by atoms with Crippen molar-refractivity contribution in [3.05, 3.63) is 24.0 Å². The van der Waals surface area contributed by atoms with Crippen LogP contribution in [0.4, 0.5) is 0 Å². The largest absolute Gasteiger partial charge is 0.480 e. The lowest BCUT2D eigenvalue weighted by Gasteiger charge is -2.24. The molecule has 1 amide bonds. The number of hydrogen-bond acceptors (Lipinski definition) is 3. The SMILES string of the molecule is CCCC(C)(NC(=O)/C=C/c1cnn(C)c1)C(=O)O. The molecule has 1 aromatic rings. The molecule has 0 fully saturated rings. The Labute approximate surface area is 112 Å². The maximum Gasteiger partial charge on any atom is 0.329 e. The van der Waals surface area contributed by atoms with Crippen molar-refractivity contribution in [1.29, 1.82) is 0 Å². The zero-order valence-corrected chi connectivity index (χ0v) is 11.4. The van der Waals surface area contributed by atoms with E-state index in [1.165, 1.54) is 13.0 Å². The van der Waals surface area contributed by atoms with Crippen LogP contribution in [0.1, 0.15) is 32.3 Å². The zero-order chi connectivity index (χ0) is 14.5. The van der Waals surface area contributed by atoms with Crippen LogP contribution in [0.25, 0.3) is 6.08 Å². The van der Waals surface area contributed by atoms with E-state index < -0.39 is 17.4 Å². The molecule has 0 aliphatic rings. The number of rotatable bonds is 6. The van der Waals surface area contributed by atoms with Crippen molar-refractivity contribution in [2.45, 2.75) is 32.2 Å². The fourth-order valence-electron chi connectivity index (χ4n) is 1.73. The van der Waals surface area contributed by atoms with Crippen molar-refractivity contribution >= 4 is 18.0 Å². The number of hydrogen-bond donors (Lipinski definition) is 2. The molecule has 19 heavy (non-hydrogen) atoms. The van der Waals surface area contributed by atoms with Gasteiger partial charge in [0.15, 0.2) is 0 Å². The minimum absolute atomic E-state index is 0.384. The summed E-state index contributed by atoms with van der Waals surface area (Å²) in [6, 6.07) is 0. The predicted molar refractivity (Wildman–Crippen MR) is 71.3 cm³/mol. The minimum atomic E-state index is -1.23. The first kappa shape index (κ1) is 14.9. The van der Waals surface area contributed by atoms with Crippen LogP contribution in [0.15, 0.2) is 18.5 Å². The summed E-state index contributed by atoms with van der Waals surface area (Å²) in [6.45, 7) is 3.38. The van der Waals surface area contributed by atoms with Gasteiger partial charge in [0, 0.05) is 24.9 Å². The average Bonchev–Trinajstić information content (AvgIpc) is 2.72. The van der Waals surface area contributed by atoms with Crippen molar-refractivity contribution < 1.29 is 14.7 Å². The number of carbonyl (C=O) groups is 2. The topological polar surface area (TPSA) is 84.2 Å². The first-order chi connectivity index (χ1) is 8.87. The number of carboxylic acid groups (broad SMARTS) is 1. The van der Waals surface area contributed by atoms with Crippen molar-refractivity contribution in [2.75, 3.05) is 0 Å². The Kier molecular flexibility index (Phi) is 4.86. The number of amides is 1. The molecule has 1 aromatic heterocycles. The summed E-state index contributed by atoms with van der Waals surface area (Å²) < 4.78 is 1.62. The number of nitrogens with one attached hydrogen (secondary N) is 1. The Morgan fingerprint density at radius 3 is 2.74 bits per heavy atom. The van der Waals surface area contributed by atoms with Gasteiger partial charge in [0.25, 0.3) is 0 Å². The molecule has 0 spiro atoms. The molecule has 0 aliphatic heterocycles. The van der Waals surface area contributed by atoms with E-state index in [9.17, 15) is 9.59 Å². The van der Waals surface area contributed by atoms with E-state index in [4.69, 9.17) is 5.11 Å². The van der Waals surface area contributed by atoms with Crippen molar-refractivity contribution in [2.24, 2.45) is 7.05 Å². The number of aromatic nitrogens is 2. The van der Waals surface area contributed by atoms with Gasteiger partial charge in [0.05, 0.1) is 6.20 Å². The molecule has 1 unspecified atom stereocenters. The standard InChI is InChI=1S/C13H19N3O3/c1-4-7-13(2,12(18)19)15-11(17)6-5-10-8-14-16(3)9-10/h5-6,8-9H,4,7H2,1-3H3,(H,15,17)(H,18,19)/b6-5+. The van der Waals surface area contributed by atoms with Crippen LogP contribution in [-0.4, -0.2) is 32.3 Å². The predicted octanol–water partition coefficient (Wildman–Crippen LogP) is 1.19. The van der Waals surface area contributed by atoms with Crippen LogP contribution in [0.3, 0.4) is 0 Å². The average molecular weight is 265 g/mol. The molecular formula is C13H19N3O3. The van der Waals surface area contributed by atoms with Crippen molar-refractivity contribution in [3.63, 3.8) is 0 Å². The van der Waals surface area contributed by atoms with Gasteiger partial charge in [-0.2, -0.15) is 5.10 Å². The number of carbonyl (C=O) groups excluding carboxylic acids is 1. The molecule has 0 saturated heterocycles. The molecule has 1 rings (SSSR count). The highest BCUT2D eigenvalue weighted by Crippen LogP contribution is 2.12. The first-order valence-electron chi connectivity index (χ1n) is 6.09. The molecular weight excluding hydrogens is 246 g/mol. The van der Waals surface area contributed by atoms with Gasteiger partial charge in [0.1, 0.15) is 5.54 Å². The van der Waals surface area contributed by atoms with Crippen LogP contribution in [0.2, 0.25) is 0 Å². The van der Waals surface area contributed by atoms with E-state index in [1.54, 1.807) is 30.2 Å². The van der Waals surface area contributed by atoms with Gasteiger partial charge in [-0.3, -0.25) is 9.48 Å². The van der Waals surface area contributed by atoms with E-state index in [0.29, 0.717) is 12.8 Å². The van der Waals surface area contributed by atoms with Crippen molar-refractivity contribution in [1.82, 2.24) is 15.1 Å². The Morgan fingerprint density at radius 2 is 2.26 bits per heavy atom. The van der Waals surface area contributed by atoms with E-state index in [1.807, 2.05) is 6.92 Å². The molecule has 1 heterocycles. The number of nitrogens with zero attached hydrogens (tertiary/aromatic N) is 2. The third-order valence-corrected chi connectivity index (χ3v) is 2.77. The second-order valence-corrected chi connectivity index (χ2v) is 4.66. The lowest BCUT2D eigenvalue weighted by atomic mass is 9.96. The minimum Gasteiger partial charge on any atom is -0.480 e. The molecule has 104 valence electrons. The fourth-order valence-corrected chi connectivity index (χ4v) is 1.73. The lowest BCUT2D eigenvalue weighted by molar-refractivity contribution is -0.146. The summed E-state index contributed by atoms with van der Waals surface area (Å²) in [7, 11) is 1.78. The van der Waals surface area contributed by atoms with Gasteiger partial charge in [-0.05, 0) is 19.4 Å². The third kappa shape index (κ3) is 4.24. The summed E-state index contributed by atoms with van der Waals surface area (Å²) in [5.41, 5.74) is -0.448. The molecule has 0 bridgehead atoms. The molecule has 0 aromatic carbocycles. The van der Waals surface area contributed by atoms with Gasteiger partial charge < -0.3 is 10.4 Å². The maximum absolute atomic E-state index is 11.7. The van der Waals surface area contributed by atoms with Gasteiger partial charge in [-0.25, -0.2) is 4.79 Å². The monoisotopic (exact) mass is 265 g/mol. The number of aryl methyl sites for hydroxylation is 1. The van der Waals surface area contributed by atoms with Gasteiger partial charge in [-0.15, -0.1) is 0 Å². The van der Waals surface area contributed by atoms with E-state index >= 15 is 0 Å². The maximum atomic E-state index is 11.7. The highest BCUT2D eigenvalue weighted by molar-refractivity contribution is 5.95. The number of carboxylic acids is 1. The summed E-state index contributed by atoms with van der Waals surface area (Å²) in [6.07, 6.45) is 7.34. The Balaban J connectivity index is 2.68.